The Balaban J connectivity index is 1.50. The Morgan fingerprint density at radius 1 is 1.09 bits per heavy atom. The van der Waals surface area contributed by atoms with Crippen LogP contribution < -0.4 is 10.1 Å². The lowest BCUT2D eigenvalue weighted by molar-refractivity contribution is -0.274. The van der Waals surface area contributed by atoms with E-state index >= 15 is 0 Å². The molecule has 0 aliphatic carbocycles. The maximum Gasteiger partial charge on any atom is 0.573 e. The van der Waals surface area contributed by atoms with Crippen molar-refractivity contribution in [2.75, 3.05) is 18.5 Å². The molecule has 1 N–H and O–H groups in total. The van der Waals surface area contributed by atoms with Crippen molar-refractivity contribution in [1.82, 2.24) is 9.88 Å². The van der Waals surface area contributed by atoms with Gasteiger partial charge in [-0.05, 0) is 36.2 Å². The number of carbonyl (C=O) groups excluding carboxylic acids is 1. The molecule has 1 atom stereocenters. The van der Waals surface area contributed by atoms with Crippen molar-refractivity contribution in [3.05, 3.63) is 89.2 Å². The highest BCUT2D eigenvalue weighted by Gasteiger charge is 2.32. The van der Waals surface area contributed by atoms with Crippen LogP contribution in [-0.4, -0.2) is 35.4 Å². The molecule has 0 spiro atoms. The van der Waals surface area contributed by atoms with Crippen molar-refractivity contribution in [3.63, 3.8) is 0 Å². The SMILES string of the molecule is Cc1ccc(CN2C(=O)COCC2c2cnccc2NCc2ccc(OC(F)(F)F)cc2)cc1. The van der Waals surface area contributed by atoms with Crippen molar-refractivity contribution in [3.8, 4) is 5.75 Å². The smallest absolute Gasteiger partial charge is 0.406 e. The number of hydrogen-bond donors (Lipinski definition) is 1. The van der Waals surface area contributed by atoms with Crippen LogP contribution in [-0.2, 0) is 22.6 Å². The lowest BCUT2D eigenvalue weighted by Gasteiger charge is -2.36. The summed E-state index contributed by atoms with van der Waals surface area (Å²) in [7, 11) is 0. The van der Waals surface area contributed by atoms with Gasteiger partial charge < -0.3 is 19.7 Å². The first-order chi connectivity index (χ1) is 16.3. The summed E-state index contributed by atoms with van der Waals surface area (Å²) in [5.41, 5.74) is 4.50. The summed E-state index contributed by atoms with van der Waals surface area (Å²) >= 11 is 0. The topological polar surface area (TPSA) is 63.7 Å². The number of aromatic nitrogens is 1. The van der Waals surface area contributed by atoms with Gasteiger partial charge in [0.15, 0.2) is 0 Å². The molecular weight excluding hydrogens is 447 g/mol. The summed E-state index contributed by atoms with van der Waals surface area (Å²) in [6.45, 7) is 3.18. The van der Waals surface area contributed by atoms with Gasteiger partial charge in [-0.2, -0.15) is 0 Å². The molecule has 2 heterocycles. The Bertz CT molecular complexity index is 1120. The standard InChI is InChI=1S/C25H24F3N3O3/c1-17-2-4-19(5-3-17)14-31-23(15-33-16-24(31)32)21-13-29-11-10-22(21)30-12-18-6-8-20(9-7-18)34-25(26,27)28/h2-11,13,23H,12,14-16H2,1H3,(H,29,30). The number of nitrogens with zero attached hydrogens (tertiary/aromatic N) is 2. The lowest BCUT2D eigenvalue weighted by atomic mass is 10.0. The quantitative estimate of drug-likeness (QED) is 0.526. The molecule has 1 unspecified atom stereocenters. The van der Waals surface area contributed by atoms with Crippen LogP contribution >= 0.6 is 0 Å². The van der Waals surface area contributed by atoms with Gasteiger partial charge in [0.25, 0.3) is 0 Å². The Morgan fingerprint density at radius 2 is 1.79 bits per heavy atom. The van der Waals surface area contributed by atoms with E-state index in [2.05, 4.69) is 15.0 Å². The molecule has 4 rings (SSSR count). The molecule has 0 bridgehead atoms. The third-order valence-electron chi connectivity index (χ3n) is 5.52. The van der Waals surface area contributed by atoms with Gasteiger partial charge >= 0.3 is 6.36 Å². The largest absolute Gasteiger partial charge is 0.573 e. The normalized spacial score (nSPS) is 16.4. The van der Waals surface area contributed by atoms with Crippen LogP contribution in [0, 0.1) is 6.92 Å². The van der Waals surface area contributed by atoms with Gasteiger partial charge in [-0.25, -0.2) is 0 Å². The molecule has 3 aromatic rings. The van der Waals surface area contributed by atoms with E-state index in [1.807, 2.05) is 31.2 Å². The number of aryl methyl sites for hydroxylation is 1. The van der Waals surface area contributed by atoms with Crippen LogP contribution in [0.1, 0.15) is 28.3 Å². The van der Waals surface area contributed by atoms with Gasteiger partial charge in [0, 0.05) is 36.7 Å². The van der Waals surface area contributed by atoms with Crippen molar-refractivity contribution in [2.24, 2.45) is 0 Å². The van der Waals surface area contributed by atoms with E-state index in [0.29, 0.717) is 19.7 Å². The number of anilines is 1. The molecule has 1 saturated heterocycles. The molecule has 1 amide bonds. The molecule has 0 radical (unpaired) electrons. The number of amides is 1. The Labute approximate surface area is 195 Å². The van der Waals surface area contributed by atoms with E-state index in [4.69, 9.17) is 4.74 Å². The highest BCUT2D eigenvalue weighted by atomic mass is 19.4. The number of benzene rings is 2. The number of morpholine rings is 1. The number of pyridine rings is 1. The second-order valence-electron chi connectivity index (χ2n) is 8.05. The fourth-order valence-electron chi connectivity index (χ4n) is 3.79. The summed E-state index contributed by atoms with van der Waals surface area (Å²) in [5.74, 6) is -0.377. The first-order valence-electron chi connectivity index (χ1n) is 10.7. The maximum absolute atomic E-state index is 12.7. The van der Waals surface area contributed by atoms with Gasteiger partial charge in [-0.3, -0.25) is 9.78 Å². The van der Waals surface area contributed by atoms with E-state index in [0.717, 1.165) is 27.9 Å². The van der Waals surface area contributed by atoms with Crippen LogP contribution in [0.3, 0.4) is 0 Å². The number of nitrogens with one attached hydrogen (secondary N) is 1. The van der Waals surface area contributed by atoms with E-state index in [9.17, 15) is 18.0 Å². The molecule has 34 heavy (non-hydrogen) atoms. The molecule has 2 aromatic carbocycles. The van der Waals surface area contributed by atoms with Gasteiger partial charge in [0.05, 0.1) is 12.6 Å². The molecule has 1 aliphatic rings. The van der Waals surface area contributed by atoms with Crippen LogP contribution in [0.4, 0.5) is 18.9 Å². The number of halogens is 3. The van der Waals surface area contributed by atoms with Crippen LogP contribution in [0.15, 0.2) is 67.0 Å². The van der Waals surface area contributed by atoms with E-state index in [-0.39, 0.29) is 24.3 Å². The van der Waals surface area contributed by atoms with Crippen molar-refractivity contribution >= 4 is 11.6 Å². The third kappa shape index (κ3) is 6.05. The summed E-state index contributed by atoms with van der Waals surface area (Å²) < 4.78 is 46.6. The van der Waals surface area contributed by atoms with Crippen molar-refractivity contribution < 1.29 is 27.4 Å². The predicted octanol–water partition coefficient (Wildman–Crippen LogP) is 5.00. The highest BCUT2D eigenvalue weighted by Crippen LogP contribution is 2.32. The average molecular weight is 471 g/mol. The van der Waals surface area contributed by atoms with Gasteiger partial charge in [-0.1, -0.05) is 42.0 Å². The van der Waals surface area contributed by atoms with Crippen molar-refractivity contribution in [1.29, 1.82) is 0 Å². The molecule has 1 aliphatic heterocycles. The number of rotatable bonds is 7. The van der Waals surface area contributed by atoms with Crippen LogP contribution in [0.2, 0.25) is 0 Å². The number of ether oxygens (including phenoxy) is 2. The number of carbonyl (C=O) groups is 1. The van der Waals surface area contributed by atoms with Crippen LogP contribution in [0.5, 0.6) is 5.75 Å². The zero-order chi connectivity index (χ0) is 24.1. The maximum atomic E-state index is 12.7. The molecule has 178 valence electrons. The molecular formula is C25H24F3N3O3. The first kappa shape index (κ1) is 23.6. The summed E-state index contributed by atoms with van der Waals surface area (Å²) in [6, 6.07) is 15.2. The van der Waals surface area contributed by atoms with E-state index in [1.165, 1.54) is 12.1 Å². The molecule has 1 fully saturated rings. The highest BCUT2D eigenvalue weighted by molar-refractivity contribution is 5.79. The van der Waals surface area contributed by atoms with Crippen molar-refractivity contribution in [2.45, 2.75) is 32.4 Å². The van der Waals surface area contributed by atoms with Gasteiger partial charge in [0.1, 0.15) is 12.4 Å². The minimum atomic E-state index is -4.73. The zero-order valence-electron chi connectivity index (χ0n) is 18.5. The third-order valence-corrected chi connectivity index (χ3v) is 5.52. The van der Waals surface area contributed by atoms with Gasteiger partial charge in [-0.15, -0.1) is 13.2 Å². The summed E-state index contributed by atoms with van der Waals surface area (Å²) in [6.07, 6.45) is -1.38. The second kappa shape index (κ2) is 10.1. The predicted molar refractivity (Wildman–Crippen MR) is 120 cm³/mol. The van der Waals surface area contributed by atoms with Crippen LogP contribution in [0.25, 0.3) is 0 Å². The Morgan fingerprint density at radius 3 is 2.50 bits per heavy atom. The fourth-order valence-corrected chi connectivity index (χ4v) is 3.79. The monoisotopic (exact) mass is 471 g/mol. The average Bonchev–Trinajstić information content (AvgIpc) is 2.80. The number of alkyl halides is 3. The summed E-state index contributed by atoms with van der Waals surface area (Å²) in [5, 5.41) is 3.30. The Kier molecular flexibility index (Phi) is 7.02. The van der Waals surface area contributed by atoms with E-state index < -0.39 is 6.36 Å². The second-order valence-corrected chi connectivity index (χ2v) is 8.05. The minimum absolute atomic E-state index is 0.0255. The molecule has 1 aromatic heterocycles. The van der Waals surface area contributed by atoms with E-state index in [1.54, 1.807) is 35.5 Å². The molecule has 6 nitrogen and oxygen atoms in total. The fraction of sp³-hybridized carbons (Fsp3) is 0.280. The molecule has 0 saturated carbocycles. The van der Waals surface area contributed by atoms with Gasteiger partial charge in [0.2, 0.25) is 5.91 Å². The first-order valence-corrected chi connectivity index (χ1v) is 10.7. The summed E-state index contributed by atoms with van der Waals surface area (Å²) in [4.78, 5) is 18.8. The minimum Gasteiger partial charge on any atom is -0.406 e. The lowest BCUT2D eigenvalue weighted by Crippen LogP contribution is -2.43. The molecule has 9 heteroatoms. The Hall–Kier alpha value is -3.59. The number of hydrogen-bond acceptors (Lipinski definition) is 5. The zero-order valence-corrected chi connectivity index (χ0v) is 18.5.